The molecule has 2 amide bonds. The van der Waals surface area contributed by atoms with Gasteiger partial charge in [0, 0.05) is 34.2 Å². The molecule has 3 aromatic rings. The Hall–Kier alpha value is -3.04. The molecule has 3 aromatic carbocycles. The van der Waals surface area contributed by atoms with E-state index < -0.39 is 0 Å². The zero-order chi connectivity index (χ0) is 25.3. The second-order valence-corrected chi connectivity index (χ2v) is 10.1. The van der Waals surface area contributed by atoms with Gasteiger partial charge in [0.15, 0.2) is 0 Å². The summed E-state index contributed by atoms with van der Waals surface area (Å²) in [4.78, 5) is 12.6. The first kappa shape index (κ1) is 26.0. The van der Waals surface area contributed by atoms with Crippen molar-refractivity contribution in [2.45, 2.75) is 44.1 Å². The Balaban J connectivity index is 1.47. The van der Waals surface area contributed by atoms with Gasteiger partial charge in [0.05, 0.1) is 11.6 Å². The van der Waals surface area contributed by atoms with Crippen molar-refractivity contribution in [3.8, 4) is 17.2 Å². The second kappa shape index (κ2) is 12.8. The van der Waals surface area contributed by atoms with Crippen molar-refractivity contribution in [1.29, 1.82) is 5.26 Å². The Morgan fingerprint density at radius 2 is 1.72 bits per heavy atom. The molecule has 0 aromatic heterocycles. The molecule has 4 rings (SSSR count). The maximum absolute atomic E-state index is 12.6. The first-order chi connectivity index (χ1) is 17.5. The fourth-order valence-electron chi connectivity index (χ4n) is 4.77. The van der Waals surface area contributed by atoms with Crippen LogP contribution < -0.4 is 16.0 Å². The highest BCUT2D eigenvalue weighted by Crippen LogP contribution is 2.29. The molecule has 0 aliphatic heterocycles. The van der Waals surface area contributed by atoms with E-state index in [1.54, 1.807) is 18.2 Å². The van der Waals surface area contributed by atoms with Crippen LogP contribution in [0.3, 0.4) is 0 Å². The van der Waals surface area contributed by atoms with Gasteiger partial charge in [-0.25, -0.2) is 4.79 Å². The zero-order valence-corrected chi connectivity index (χ0v) is 21.6. The molecular weight excluding hydrogens is 491 g/mol. The molecule has 0 heterocycles. The minimum atomic E-state index is -0.330. The van der Waals surface area contributed by atoms with Crippen LogP contribution in [-0.4, -0.2) is 25.2 Å². The first-order valence-corrected chi connectivity index (χ1v) is 13.1. The van der Waals surface area contributed by atoms with Gasteiger partial charge in [0.25, 0.3) is 0 Å². The lowest BCUT2D eigenvalue weighted by molar-refractivity contribution is 0.251. The van der Waals surface area contributed by atoms with Crippen LogP contribution in [0.15, 0.2) is 66.7 Å². The average Bonchev–Trinajstić information content (AvgIpc) is 3.39. The van der Waals surface area contributed by atoms with Crippen molar-refractivity contribution in [2.24, 2.45) is 0 Å². The molecule has 1 fully saturated rings. The van der Waals surface area contributed by atoms with Crippen LogP contribution >= 0.6 is 23.2 Å². The van der Waals surface area contributed by atoms with Crippen LogP contribution in [0, 0.1) is 11.3 Å². The number of nitrogens with zero attached hydrogens (tertiary/aromatic N) is 1. The van der Waals surface area contributed by atoms with Gasteiger partial charge >= 0.3 is 6.03 Å². The Morgan fingerprint density at radius 1 is 1.00 bits per heavy atom. The first-order valence-electron chi connectivity index (χ1n) is 12.4. The summed E-state index contributed by atoms with van der Waals surface area (Å²) < 4.78 is 0. The van der Waals surface area contributed by atoms with Gasteiger partial charge in [0.2, 0.25) is 0 Å². The molecule has 0 spiro atoms. The largest absolute Gasteiger partial charge is 0.337 e. The van der Waals surface area contributed by atoms with E-state index in [1.165, 1.54) is 25.7 Å². The monoisotopic (exact) mass is 520 g/mol. The number of urea groups is 1. The summed E-state index contributed by atoms with van der Waals surface area (Å²) in [5.41, 5.74) is 4.12. The van der Waals surface area contributed by atoms with Crippen molar-refractivity contribution in [3.63, 3.8) is 0 Å². The topological polar surface area (TPSA) is 77.0 Å². The number of amides is 2. The maximum Gasteiger partial charge on any atom is 0.319 e. The minimum Gasteiger partial charge on any atom is -0.337 e. The fraction of sp³-hybridized carbons (Fsp3) is 0.310. The van der Waals surface area contributed by atoms with Gasteiger partial charge in [-0.3, -0.25) is 0 Å². The Labute approximate surface area is 222 Å². The molecule has 1 saturated carbocycles. The van der Waals surface area contributed by atoms with Crippen LogP contribution in [-0.2, 0) is 0 Å². The maximum atomic E-state index is 12.6. The molecule has 3 N–H and O–H groups in total. The average molecular weight is 521 g/mol. The number of hydrogen-bond acceptors (Lipinski definition) is 3. The number of benzene rings is 3. The van der Waals surface area contributed by atoms with Crippen LogP contribution in [0.4, 0.5) is 10.5 Å². The molecule has 36 heavy (non-hydrogen) atoms. The lowest BCUT2D eigenvalue weighted by Gasteiger charge is -2.21. The highest BCUT2D eigenvalue weighted by molar-refractivity contribution is 6.35. The minimum absolute atomic E-state index is 0.0459. The van der Waals surface area contributed by atoms with Crippen molar-refractivity contribution < 1.29 is 4.79 Å². The quantitative estimate of drug-likeness (QED) is 0.275. The fourth-order valence-corrected chi connectivity index (χ4v) is 5.30. The number of hydrogen-bond donors (Lipinski definition) is 3. The molecule has 0 bridgehead atoms. The molecule has 1 aliphatic carbocycles. The molecule has 1 aliphatic rings. The van der Waals surface area contributed by atoms with Crippen LogP contribution in [0.1, 0.15) is 49.1 Å². The van der Waals surface area contributed by atoms with Crippen LogP contribution in [0.25, 0.3) is 11.1 Å². The lowest BCUT2D eigenvalue weighted by Crippen LogP contribution is -2.34. The summed E-state index contributed by atoms with van der Waals surface area (Å²) >= 11 is 12.1. The van der Waals surface area contributed by atoms with Crippen LogP contribution in [0.5, 0.6) is 0 Å². The van der Waals surface area contributed by atoms with Gasteiger partial charge in [-0.15, -0.1) is 0 Å². The van der Waals surface area contributed by atoms with Gasteiger partial charge in [-0.05, 0) is 66.8 Å². The highest BCUT2D eigenvalue weighted by atomic mass is 35.5. The lowest BCUT2D eigenvalue weighted by atomic mass is 9.90. The Morgan fingerprint density at radius 3 is 2.42 bits per heavy atom. The van der Waals surface area contributed by atoms with Crippen molar-refractivity contribution in [3.05, 3.63) is 87.9 Å². The standard InChI is InChI=1S/C29H30Cl2N4O/c30-24-15-25(31)17-27(16-24)35-29(36)34-19-22(12-13-33-26-8-4-5-9-26)21-10-11-28(23(14-21)18-32)20-6-2-1-3-7-20/h1-3,6-7,10-11,14-17,22,26,33H,4-5,8-9,12-13,19H2,(H2,34,35,36). The SMILES string of the molecule is N#Cc1cc(C(CCNC2CCCC2)CNC(=O)Nc2cc(Cl)cc(Cl)c2)ccc1-c1ccccc1. The van der Waals surface area contributed by atoms with E-state index in [1.807, 2.05) is 42.5 Å². The second-order valence-electron chi connectivity index (χ2n) is 9.20. The van der Waals surface area contributed by atoms with Gasteiger partial charge in [-0.1, -0.05) is 78.5 Å². The number of carbonyl (C=O) groups is 1. The van der Waals surface area contributed by atoms with Crippen molar-refractivity contribution >= 4 is 34.9 Å². The zero-order valence-electron chi connectivity index (χ0n) is 20.1. The summed E-state index contributed by atoms with van der Waals surface area (Å²) in [5.74, 6) is 0.0459. The summed E-state index contributed by atoms with van der Waals surface area (Å²) in [5, 5.41) is 20.2. The third kappa shape index (κ3) is 7.24. The van der Waals surface area contributed by atoms with E-state index in [2.05, 4.69) is 28.1 Å². The predicted molar refractivity (Wildman–Crippen MR) is 148 cm³/mol. The number of halogens is 2. The van der Waals surface area contributed by atoms with Crippen molar-refractivity contribution in [2.75, 3.05) is 18.4 Å². The van der Waals surface area contributed by atoms with Gasteiger partial charge in [0.1, 0.15) is 0 Å². The number of nitriles is 1. The summed E-state index contributed by atoms with van der Waals surface area (Å²) in [6, 6.07) is 23.5. The van der Waals surface area contributed by atoms with E-state index in [-0.39, 0.29) is 11.9 Å². The number of anilines is 1. The van der Waals surface area contributed by atoms with E-state index in [9.17, 15) is 10.1 Å². The smallest absolute Gasteiger partial charge is 0.319 e. The summed E-state index contributed by atoms with van der Waals surface area (Å²) in [7, 11) is 0. The number of nitrogens with one attached hydrogen (secondary N) is 3. The Kier molecular flexibility index (Phi) is 9.24. The van der Waals surface area contributed by atoms with E-state index >= 15 is 0 Å². The Bertz CT molecular complexity index is 1200. The molecule has 186 valence electrons. The number of rotatable bonds is 9. The van der Waals surface area contributed by atoms with E-state index in [4.69, 9.17) is 23.2 Å². The molecule has 7 heteroatoms. The molecule has 1 atom stereocenters. The van der Waals surface area contributed by atoms with E-state index in [0.717, 1.165) is 29.7 Å². The summed E-state index contributed by atoms with van der Waals surface area (Å²) in [6.45, 7) is 1.28. The number of carbonyl (C=O) groups excluding carboxylic acids is 1. The highest BCUT2D eigenvalue weighted by Gasteiger charge is 2.18. The third-order valence-corrected chi connectivity index (χ3v) is 7.07. The molecule has 5 nitrogen and oxygen atoms in total. The molecular formula is C29H30Cl2N4O. The van der Waals surface area contributed by atoms with Crippen LogP contribution in [0.2, 0.25) is 10.0 Å². The van der Waals surface area contributed by atoms with Gasteiger partial charge < -0.3 is 16.0 Å². The van der Waals surface area contributed by atoms with Crippen molar-refractivity contribution in [1.82, 2.24) is 10.6 Å². The molecule has 0 saturated heterocycles. The predicted octanol–water partition coefficient (Wildman–Crippen LogP) is 7.36. The normalized spacial score (nSPS) is 14.2. The molecule has 0 radical (unpaired) electrons. The summed E-state index contributed by atoms with van der Waals surface area (Å²) in [6.07, 6.45) is 5.84. The van der Waals surface area contributed by atoms with Gasteiger partial charge in [-0.2, -0.15) is 5.26 Å². The van der Waals surface area contributed by atoms with E-state index in [0.29, 0.717) is 33.9 Å². The third-order valence-electron chi connectivity index (χ3n) is 6.63. The molecule has 1 unspecified atom stereocenters.